The van der Waals surface area contributed by atoms with Gasteiger partial charge in [0.25, 0.3) is 5.56 Å². The third kappa shape index (κ3) is 3.86. The molecule has 0 aliphatic carbocycles. The van der Waals surface area contributed by atoms with Gasteiger partial charge in [-0.1, -0.05) is 24.3 Å². The SMILES string of the molecule is Cc1ccc(NC(=O)[C@H]2CC(=O)Nc3nc(N4CCCc5ccccc54)[nH]c(=O)c32)c(F)c1. The van der Waals surface area contributed by atoms with E-state index in [9.17, 15) is 18.8 Å². The van der Waals surface area contributed by atoms with Crippen molar-refractivity contribution in [3.8, 4) is 0 Å². The van der Waals surface area contributed by atoms with Crippen molar-refractivity contribution in [3.05, 3.63) is 75.3 Å². The quantitative estimate of drug-likeness (QED) is 0.571. The number of benzene rings is 2. The molecule has 9 heteroatoms. The number of carbonyl (C=O) groups is 2. The first-order valence-electron chi connectivity index (χ1n) is 10.8. The Kier molecular flexibility index (Phi) is 5.16. The molecule has 0 saturated heterocycles. The first-order chi connectivity index (χ1) is 15.9. The van der Waals surface area contributed by atoms with Crippen molar-refractivity contribution in [1.82, 2.24) is 9.97 Å². The number of H-pyrrole nitrogens is 1. The lowest BCUT2D eigenvalue weighted by atomic mass is 9.92. The number of hydrogen-bond donors (Lipinski definition) is 3. The van der Waals surface area contributed by atoms with Gasteiger partial charge >= 0.3 is 0 Å². The van der Waals surface area contributed by atoms with Gasteiger partial charge in [0, 0.05) is 18.7 Å². The number of halogens is 1. The average Bonchev–Trinajstić information content (AvgIpc) is 2.79. The molecule has 3 aromatic rings. The Bertz CT molecular complexity index is 1340. The van der Waals surface area contributed by atoms with Gasteiger partial charge in [-0.05, 0) is 49.1 Å². The second-order valence-corrected chi connectivity index (χ2v) is 8.31. The smallest absolute Gasteiger partial charge is 0.258 e. The number of fused-ring (bicyclic) bond motifs is 2. The topological polar surface area (TPSA) is 107 Å². The molecule has 5 rings (SSSR count). The maximum atomic E-state index is 14.2. The normalized spacial score (nSPS) is 17.1. The Balaban J connectivity index is 1.50. The Labute approximate surface area is 188 Å². The number of para-hydroxylation sites is 1. The molecule has 2 amide bonds. The zero-order chi connectivity index (χ0) is 23.1. The van der Waals surface area contributed by atoms with Crippen LogP contribution in [0.4, 0.5) is 27.5 Å². The van der Waals surface area contributed by atoms with Crippen LogP contribution < -0.4 is 21.1 Å². The Hall–Kier alpha value is -4.01. The van der Waals surface area contributed by atoms with Gasteiger partial charge < -0.3 is 15.5 Å². The minimum atomic E-state index is -1.09. The van der Waals surface area contributed by atoms with Gasteiger partial charge in [-0.25, -0.2) is 4.39 Å². The fourth-order valence-electron chi connectivity index (χ4n) is 4.41. The van der Waals surface area contributed by atoms with Gasteiger partial charge in [0.1, 0.15) is 11.6 Å². The lowest BCUT2D eigenvalue weighted by Gasteiger charge is -2.31. The van der Waals surface area contributed by atoms with Crippen LogP contribution in [0.15, 0.2) is 47.3 Å². The number of aromatic amines is 1. The highest BCUT2D eigenvalue weighted by molar-refractivity contribution is 6.04. The van der Waals surface area contributed by atoms with Crippen LogP contribution in [-0.2, 0) is 16.0 Å². The highest BCUT2D eigenvalue weighted by atomic mass is 19.1. The highest BCUT2D eigenvalue weighted by Crippen LogP contribution is 2.34. The number of aryl methyl sites for hydroxylation is 2. The summed E-state index contributed by atoms with van der Waals surface area (Å²) in [5, 5.41) is 5.12. The van der Waals surface area contributed by atoms with Gasteiger partial charge in [0.15, 0.2) is 0 Å². The lowest BCUT2D eigenvalue weighted by molar-refractivity contribution is -0.123. The van der Waals surface area contributed by atoms with E-state index in [0.29, 0.717) is 18.1 Å². The van der Waals surface area contributed by atoms with E-state index in [0.717, 1.165) is 24.1 Å². The minimum absolute atomic E-state index is 0.0101. The van der Waals surface area contributed by atoms with Crippen LogP contribution in [0.25, 0.3) is 0 Å². The molecule has 8 nitrogen and oxygen atoms in total. The molecular formula is C24H22FN5O3. The third-order valence-corrected chi connectivity index (χ3v) is 6.00. The van der Waals surface area contributed by atoms with Crippen LogP contribution in [-0.4, -0.2) is 28.3 Å². The maximum Gasteiger partial charge on any atom is 0.258 e. The van der Waals surface area contributed by atoms with E-state index >= 15 is 0 Å². The van der Waals surface area contributed by atoms with Crippen molar-refractivity contribution in [3.63, 3.8) is 0 Å². The van der Waals surface area contributed by atoms with E-state index in [4.69, 9.17) is 0 Å². The van der Waals surface area contributed by atoms with E-state index in [1.165, 1.54) is 12.1 Å². The Morgan fingerprint density at radius 3 is 2.85 bits per heavy atom. The molecular weight excluding hydrogens is 425 g/mol. The molecule has 2 aliphatic rings. The number of nitrogens with zero attached hydrogens (tertiary/aromatic N) is 2. The largest absolute Gasteiger partial charge is 0.323 e. The number of anilines is 4. The van der Waals surface area contributed by atoms with Crippen molar-refractivity contribution in [2.45, 2.75) is 32.1 Å². The molecule has 3 N–H and O–H groups in total. The summed E-state index contributed by atoms with van der Waals surface area (Å²) in [4.78, 5) is 47.6. The van der Waals surface area contributed by atoms with Crippen LogP contribution in [0.5, 0.6) is 0 Å². The molecule has 0 bridgehead atoms. The van der Waals surface area contributed by atoms with Crippen LogP contribution in [0.1, 0.15) is 35.4 Å². The van der Waals surface area contributed by atoms with E-state index in [2.05, 4.69) is 20.6 Å². The van der Waals surface area contributed by atoms with Crippen molar-refractivity contribution >= 4 is 35.0 Å². The standard InChI is InChI=1S/C24H22FN5O3/c1-13-8-9-17(16(25)11-13)26-22(32)15-12-19(31)27-21-20(15)23(33)29-24(28-21)30-10-4-6-14-5-2-3-7-18(14)30/h2-3,5,7-9,11,15H,4,6,10,12H2,1H3,(H,26,32)(H2,27,28,29,31,33)/t15-/m0/s1. The van der Waals surface area contributed by atoms with Crippen molar-refractivity contribution in [2.24, 2.45) is 0 Å². The van der Waals surface area contributed by atoms with Gasteiger partial charge in [-0.2, -0.15) is 4.98 Å². The molecule has 0 saturated carbocycles. The number of hydrogen-bond acceptors (Lipinski definition) is 5. The van der Waals surface area contributed by atoms with E-state index in [1.807, 2.05) is 29.2 Å². The summed E-state index contributed by atoms with van der Waals surface area (Å²) in [6, 6.07) is 12.3. The second kappa shape index (κ2) is 8.16. The van der Waals surface area contributed by atoms with Gasteiger partial charge in [0.2, 0.25) is 17.8 Å². The molecule has 3 heterocycles. The summed E-state index contributed by atoms with van der Waals surface area (Å²) < 4.78 is 14.2. The van der Waals surface area contributed by atoms with Gasteiger partial charge in [0.05, 0.1) is 17.2 Å². The predicted molar refractivity (Wildman–Crippen MR) is 122 cm³/mol. The van der Waals surface area contributed by atoms with Crippen LogP contribution >= 0.6 is 0 Å². The number of rotatable bonds is 3. The van der Waals surface area contributed by atoms with Crippen LogP contribution in [0, 0.1) is 12.7 Å². The summed E-state index contributed by atoms with van der Waals surface area (Å²) in [7, 11) is 0. The first-order valence-corrected chi connectivity index (χ1v) is 10.8. The fraction of sp³-hybridized carbons (Fsp3) is 0.250. The molecule has 2 aromatic carbocycles. The molecule has 168 valence electrons. The molecule has 1 atom stereocenters. The van der Waals surface area contributed by atoms with Crippen LogP contribution in [0.2, 0.25) is 0 Å². The summed E-state index contributed by atoms with van der Waals surface area (Å²) in [5.74, 6) is -2.40. The first kappa shape index (κ1) is 20.9. The zero-order valence-corrected chi connectivity index (χ0v) is 17.9. The van der Waals surface area contributed by atoms with E-state index in [1.54, 1.807) is 13.0 Å². The molecule has 0 spiro atoms. The number of carbonyl (C=O) groups excluding carboxylic acids is 2. The van der Waals surface area contributed by atoms with E-state index < -0.39 is 29.1 Å². The summed E-state index contributed by atoms with van der Waals surface area (Å²) in [6.07, 6.45) is 1.58. The van der Waals surface area contributed by atoms with Crippen molar-refractivity contribution in [1.29, 1.82) is 0 Å². The lowest BCUT2D eigenvalue weighted by Crippen LogP contribution is -2.38. The van der Waals surface area contributed by atoms with Crippen molar-refractivity contribution in [2.75, 3.05) is 22.1 Å². The Morgan fingerprint density at radius 1 is 1.21 bits per heavy atom. The van der Waals surface area contributed by atoms with Crippen molar-refractivity contribution < 1.29 is 14.0 Å². The third-order valence-electron chi connectivity index (χ3n) is 6.00. The number of nitrogens with one attached hydrogen (secondary N) is 3. The maximum absolute atomic E-state index is 14.2. The number of aromatic nitrogens is 2. The number of amides is 2. The molecule has 1 aromatic heterocycles. The van der Waals surface area contributed by atoms with Gasteiger partial charge in [-0.15, -0.1) is 0 Å². The van der Waals surface area contributed by atoms with E-state index in [-0.39, 0.29) is 23.5 Å². The highest BCUT2D eigenvalue weighted by Gasteiger charge is 2.35. The fourth-order valence-corrected chi connectivity index (χ4v) is 4.41. The molecule has 0 unspecified atom stereocenters. The Morgan fingerprint density at radius 2 is 2.03 bits per heavy atom. The molecule has 0 fully saturated rings. The summed E-state index contributed by atoms with van der Waals surface area (Å²) in [6.45, 7) is 2.39. The second-order valence-electron chi connectivity index (χ2n) is 8.31. The summed E-state index contributed by atoms with van der Waals surface area (Å²) >= 11 is 0. The zero-order valence-electron chi connectivity index (χ0n) is 17.9. The van der Waals surface area contributed by atoms with Crippen LogP contribution in [0.3, 0.4) is 0 Å². The molecule has 33 heavy (non-hydrogen) atoms. The molecule has 2 aliphatic heterocycles. The average molecular weight is 447 g/mol. The monoisotopic (exact) mass is 447 g/mol. The minimum Gasteiger partial charge on any atom is -0.323 e. The summed E-state index contributed by atoms with van der Waals surface area (Å²) in [5.41, 5.74) is 2.34. The predicted octanol–water partition coefficient (Wildman–Crippen LogP) is 3.37. The van der Waals surface area contributed by atoms with Gasteiger partial charge in [-0.3, -0.25) is 19.4 Å². The molecule has 0 radical (unpaired) electrons.